The van der Waals surface area contributed by atoms with Crippen LogP contribution in [0.3, 0.4) is 0 Å². The molecule has 0 spiro atoms. The molecule has 3 aliphatic rings. The Morgan fingerprint density at radius 2 is 1.93 bits per heavy atom. The van der Waals surface area contributed by atoms with Crippen molar-refractivity contribution in [3.05, 3.63) is 11.6 Å². The summed E-state index contributed by atoms with van der Waals surface area (Å²) < 4.78 is 0. The summed E-state index contributed by atoms with van der Waals surface area (Å²) >= 11 is 0. The molecular formula is C13H22O. The first-order valence-electron chi connectivity index (χ1n) is 5.49. The Bertz CT molecular complexity index is 256. The van der Waals surface area contributed by atoms with Gasteiger partial charge in [0.15, 0.2) is 0 Å². The number of fused-ring (bicyclic) bond motifs is 1. The Morgan fingerprint density at radius 3 is 2.14 bits per heavy atom. The average molecular weight is 194 g/mol. The molecule has 0 saturated heterocycles. The summed E-state index contributed by atoms with van der Waals surface area (Å²) in [4.78, 5) is 9.44. The van der Waals surface area contributed by atoms with Crippen LogP contribution in [0, 0.1) is 17.3 Å². The third-order valence-corrected chi connectivity index (χ3v) is 3.74. The molecule has 1 heteroatoms. The first kappa shape index (κ1) is 11.5. The number of allylic oxidation sites excluding steroid dienone is 2. The van der Waals surface area contributed by atoms with Crippen molar-refractivity contribution in [3.63, 3.8) is 0 Å². The van der Waals surface area contributed by atoms with E-state index in [1.165, 1.54) is 26.7 Å². The lowest BCUT2D eigenvalue weighted by molar-refractivity contribution is -0.114. The standard InChI is InChI=1S/C10H16.C3H6O/c1-7-4-5-8-6-9(7)10(8,2)3;1-3(2)4/h4,8-9H,5-6H2,1-3H3;1-2H3. The second-order valence-corrected chi connectivity index (χ2v) is 5.40. The number of Topliss-reactive ketones (excluding diaryl/α,β-unsaturated/α-hetero) is 1. The van der Waals surface area contributed by atoms with E-state index in [0.717, 1.165) is 11.8 Å². The molecule has 0 amide bonds. The van der Waals surface area contributed by atoms with Crippen LogP contribution in [0.15, 0.2) is 11.6 Å². The fourth-order valence-electron chi connectivity index (χ4n) is 2.66. The summed E-state index contributed by atoms with van der Waals surface area (Å²) in [6.07, 6.45) is 5.24. The number of carbonyl (C=O) groups excluding carboxylic acids is 1. The Morgan fingerprint density at radius 1 is 1.43 bits per heavy atom. The zero-order valence-corrected chi connectivity index (χ0v) is 10.1. The normalized spacial score (nSPS) is 31.9. The summed E-state index contributed by atoms with van der Waals surface area (Å²) in [5, 5.41) is 0. The fraction of sp³-hybridized carbons (Fsp3) is 0.769. The molecule has 1 nitrogen and oxygen atoms in total. The third-order valence-electron chi connectivity index (χ3n) is 3.74. The minimum atomic E-state index is 0.167. The van der Waals surface area contributed by atoms with Gasteiger partial charge in [0.1, 0.15) is 5.78 Å². The summed E-state index contributed by atoms with van der Waals surface area (Å²) in [5.41, 5.74) is 2.28. The van der Waals surface area contributed by atoms with Gasteiger partial charge in [-0.25, -0.2) is 0 Å². The van der Waals surface area contributed by atoms with Crippen molar-refractivity contribution in [2.75, 3.05) is 0 Å². The number of carbonyl (C=O) groups is 1. The maximum absolute atomic E-state index is 9.44. The van der Waals surface area contributed by atoms with Gasteiger partial charge in [-0.15, -0.1) is 0 Å². The van der Waals surface area contributed by atoms with Gasteiger partial charge in [0.2, 0.25) is 0 Å². The lowest BCUT2D eigenvalue weighted by Gasteiger charge is -2.56. The van der Waals surface area contributed by atoms with Crippen molar-refractivity contribution in [3.8, 4) is 0 Å². The molecule has 0 radical (unpaired) electrons. The maximum atomic E-state index is 9.44. The molecule has 14 heavy (non-hydrogen) atoms. The van der Waals surface area contributed by atoms with Gasteiger partial charge in [-0.2, -0.15) is 0 Å². The SMILES string of the molecule is CC(C)=O.CC1=CCC2CC1C2(C)C. The van der Waals surface area contributed by atoms with Crippen LogP contribution in [0.2, 0.25) is 0 Å². The highest BCUT2D eigenvalue weighted by Gasteiger charge is 2.49. The first-order valence-corrected chi connectivity index (χ1v) is 5.49. The van der Waals surface area contributed by atoms with Crippen molar-refractivity contribution in [1.82, 2.24) is 0 Å². The summed E-state index contributed by atoms with van der Waals surface area (Å²) in [7, 11) is 0. The molecule has 0 aliphatic heterocycles. The Hall–Kier alpha value is -0.590. The van der Waals surface area contributed by atoms with Crippen molar-refractivity contribution in [2.24, 2.45) is 17.3 Å². The monoisotopic (exact) mass is 194 g/mol. The smallest absolute Gasteiger partial charge is 0.126 e. The number of hydrogen-bond acceptors (Lipinski definition) is 1. The quantitative estimate of drug-likeness (QED) is 0.538. The molecule has 2 bridgehead atoms. The molecule has 3 aliphatic carbocycles. The Kier molecular flexibility index (Phi) is 3.18. The molecule has 0 aromatic carbocycles. The van der Waals surface area contributed by atoms with Crippen molar-refractivity contribution >= 4 is 5.78 Å². The van der Waals surface area contributed by atoms with E-state index in [9.17, 15) is 4.79 Å². The Labute approximate surface area is 87.6 Å². The van der Waals surface area contributed by atoms with Gasteiger partial charge in [-0.05, 0) is 50.9 Å². The van der Waals surface area contributed by atoms with Crippen molar-refractivity contribution in [1.29, 1.82) is 0 Å². The van der Waals surface area contributed by atoms with E-state index < -0.39 is 0 Å². The molecule has 1 saturated carbocycles. The maximum Gasteiger partial charge on any atom is 0.126 e. The fourth-order valence-corrected chi connectivity index (χ4v) is 2.66. The van der Waals surface area contributed by atoms with Gasteiger partial charge in [-0.1, -0.05) is 25.5 Å². The van der Waals surface area contributed by atoms with Crippen molar-refractivity contribution in [2.45, 2.75) is 47.5 Å². The average Bonchev–Trinajstić information content (AvgIpc) is 2.02. The van der Waals surface area contributed by atoms with Crippen LogP contribution >= 0.6 is 0 Å². The predicted octanol–water partition coefficient (Wildman–Crippen LogP) is 3.59. The van der Waals surface area contributed by atoms with Crippen LogP contribution in [0.1, 0.15) is 47.5 Å². The second-order valence-electron chi connectivity index (χ2n) is 5.40. The van der Waals surface area contributed by atoms with Gasteiger partial charge in [-0.3, -0.25) is 0 Å². The Balaban J connectivity index is 0.000000213. The molecule has 0 heterocycles. The summed E-state index contributed by atoms with van der Waals surface area (Å²) in [6, 6.07) is 0. The first-order chi connectivity index (χ1) is 6.35. The molecule has 80 valence electrons. The van der Waals surface area contributed by atoms with Crippen LogP contribution < -0.4 is 0 Å². The predicted molar refractivity (Wildman–Crippen MR) is 60.1 cm³/mol. The summed E-state index contributed by atoms with van der Waals surface area (Å²) in [5.74, 6) is 2.09. The lowest BCUT2D eigenvalue weighted by atomic mass is 9.49. The van der Waals surface area contributed by atoms with Crippen LogP contribution in [0.4, 0.5) is 0 Å². The van der Waals surface area contributed by atoms with Crippen LogP contribution in [-0.4, -0.2) is 5.78 Å². The van der Waals surface area contributed by atoms with E-state index in [1.54, 1.807) is 5.57 Å². The third kappa shape index (κ3) is 2.08. The number of hydrogen-bond donors (Lipinski definition) is 0. The van der Waals surface area contributed by atoms with Crippen LogP contribution in [-0.2, 0) is 4.79 Å². The van der Waals surface area contributed by atoms with Crippen LogP contribution in [0.25, 0.3) is 0 Å². The molecule has 0 aromatic heterocycles. The van der Waals surface area contributed by atoms with Crippen LogP contribution in [0.5, 0.6) is 0 Å². The largest absolute Gasteiger partial charge is 0.300 e. The van der Waals surface area contributed by atoms with Gasteiger partial charge < -0.3 is 4.79 Å². The highest BCUT2D eigenvalue weighted by atomic mass is 16.1. The molecule has 0 aromatic rings. The molecular weight excluding hydrogens is 172 g/mol. The van der Waals surface area contributed by atoms with E-state index in [4.69, 9.17) is 0 Å². The molecule has 2 atom stereocenters. The molecule has 3 rings (SSSR count). The molecule has 0 N–H and O–H groups in total. The minimum Gasteiger partial charge on any atom is -0.300 e. The molecule has 1 fully saturated rings. The number of ketones is 1. The van der Waals surface area contributed by atoms with Gasteiger partial charge in [0, 0.05) is 0 Å². The zero-order valence-electron chi connectivity index (χ0n) is 10.1. The van der Waals surface area contributed by atoms with Crippen molar-refractivity contribution < 1.29 is 4.79 Å². The van der Waals surface area contributed by atoms with Gasteiger partial charge in [0.05, 0.1) is 0 Å². The topological polar surface area (TPSA) is 17.1 Å². The molecule has 2 unspecified atom stereocenters. The highest BCUT2D eigenvalue weighted by molar-refractivity contribution is 5.72. The highest BCUT2D eigenvalue weighted by Crippen LogP contribution is 2.58. The zero-order chi connectivity index (χ0) is 10.9. The lowest BCUT2D eigenvalue weighted by Crippen LogP contribution is -2.47. The minimum absolute atomic E-state index is 0.167. The van der Waals surface area contributed by atoms with E-state index >= 15 is 0 Å². The summed E-state index contributed by atoms with van der Waals surface area (Å²) in [6.45, 7) is 10.2. The number of rotatable bonds is 0. The van der Waals surface area contributed by atoms with Gasteiger partial charge in [0.25, 0.3) is 0 Å². The second kappa shape index (κ2) is 3.88. The van der Waals surface area contributed by atoms with E-state index in [0.29, 0.717) is 5.41 Å². The van der Waals surface area contributed by atoms with Gasteiger partial charge >= 0.3 is 0 Å². The van der Waals surface area contributed by atoms with E-state index in [1.807, 2.05) is 0 Å². The van der Waals surface area contributed by atoms with E-state index in [-0.39, 0.29) is 5.78 Å². The van der Waals surface area contributed by atoms with E-state index in [2.05, 4.69) is 26.8 Å².